The number of nitrogens with two attached hydrogens (primary N) is 2. The Morgan fingerprint density at radius 2 is 1.42 bits per heavy atom. The molecule has 0 saturated heterocycles. The number of fused-ring (bicyclic) bond motifs is 13. The molecule has 6 aromatic rings. The first kappa shape index (κ1) is 24.4. The maximum Gasteiger partial charge on any atom is 0.262 e. The SMILES string of the molecule is COc1ccc(CN2C(=O)c3c(c4c5ccccc5n5c4c4c3c3ccccc3n4C3CC5[C@](N)(C(N)=O)C3)C2=O)cc1. The van der Waals surface area contributed by atoms with Gasteiger partial charge in [0.1, 0.15) is 11.3 Å². The summed E-state index contributed by atoms with van der Waals surface area (Å²) in [6, 6.07) is 22.7. The summed E-state index contributed by atoms with van der Waals surface area (Å²) in [4.78, 5) is 43.2. The molecule has 212 valence electrons. The Morgan fingerprint density at radius 1 is 0.860 bits per heavy atom. The molecule has 3 amide bonds. The number of carbonyl (C=O) groups is 3. The number of carbonyl (C=O) groups excluding carboxylic acids is 3. The monoisotopic (exact) mass is 569 g/mol. The van der Waals surface area contributed by atoms with Crippen LogP contribution in [0.2, 0.25) is 0 Å². The normalized spacial score (nSPS) is 22.4. The topological polar surface area (TPSA) is 126 Å². The van der Waals surface area contributed by atoms with Crippen molar-refractivity contribution in [1.29, 1.82) is 0 Å². The van der Waals surface area contributed by atoms with Crippen LogP contribution in [0.15, 0.2) is 72.8 Å². The van der Waals surface area contributed by atoms with Gasteiger partial charge >= 0.3 is 0 Å². The number of benzene rings is 4. The lowest BCUT2D eigenvalue weighted by Gasteiger charge is -2.31. The summed E-state index contributed by atoms with van der Waals surface area (Å²) in [6.45, 7) is 0.134. The molecule has 9 heteroatoms. The number of methoxy groups -OCH3 is 1. The van der Waals surface area contributed by atoms with Crippen molar-refractivity contribution in [1.82, 2.24) is 14.0 Å². The molecule has 4 N–H and O–H groups in total. The van der Waals surface area contributed by atoms with E-state index in [1.54, 1.807) is 7.11 Å². The lowest BCUT2D eigenvalue weighted by Crippen LogP contribution is -2.55. The Kier molecular flexibility index (Phi) is 4.56. The van der Waals surface area contributed by atoms with Gasteiger partial charge in [0.25, 0.3) is 11.8 Å². The van der Waals surface area contributed by atoms with E-state index in [1.165, 1.54) is 4.90 Å². The van der Waals surface area contributed by atoms with Crippen LogP contribution in [0.1, 0.15) is 51.2 Å². The van der Waals surface area contributed by atoms with Gasteiger partial charge in [0, 0.05) is 38.6 Å². The number of para-hydroxylation sites is 2. The number of hydrogen-bond acceptors (Lipinski definition) is 5. The molecule has 9 rings (SSSR count). The molecule has 43 heavy (non-hydrogen) atoms. The van der Waals surface area contributed by atoms with E-state index in [1.807, 2.05) is 72.8 Å². The zero-order valence-electron chi connectivity index (χ0n) is 23.3. The number of imide groups is 1. The highest BCUT2D eigenvalue weighted by molar-refractivity contribution is 6.39. The quantitative estimate of drug-likeness (QED) is 0.296. The van der Waals surface area contributed by atoms with Gasteiger partial charge in [-0.3, -0.25) is 19.3 Å². The van der Waals surface area contributed by atoms with Gasteiger partial charge in [-0.05, 0) is 42.7 Å². The predicted octanol–water partition coefficient (Wildman–Crippen LogP) is 4.78. The smallest absolute Gasteiger partial charge is 0.262 e. The number of primary amides is 1. The number of hydrogen-bond donors (Lipinski definition) is 2. The summed E-state index contributed by atoms with van der Waals surface area (Å²) >= 11 is 0. The molecule has 1 saturated carbocycles. The van der Waals surface area contributed by atoms with Gasteiger partial charge in [0.05, 0.1) is 41.9 Å². The van der Waals surface area contributed by atoms with Crippen molar-refractivity contribution >= 4 is 61.3 Å². The van der Waals surface area contributed by atoms with E-state index in [2.05, 4.69) is 9.13 Å². The maximum absolute atomic E-state index is 14.5. The highest BCUT2D eigenvalue weighted by Crippen LogP contribution is 2.56. The van der Waals surface area contributed by atoms with Crippen molar-refractivity contribution in [2.75, 3.05) is 7.11 Å². The third-order valence-corrected chi connectivity index (χ3v) is 10.0. The molecule has 2 aromatic heterocycles. The van der Waals surface area contributed by atoms with Crippen molar-refractivity contribution in [3.05, 3.63) is 89.5 Å². The Balaban J connectivity index is 1.43. The molecule has 0 radical (unpaired) electrons. The largest absolute Gasteiger partial charge is 0.497 e. The van der Waals surface area contributed by atoms with Crippen molar-refractivity contribution < 1.29 is 19.1 Å². The summed E-state index contributed by atoms with van der Waals surface area (Å²) in [5, 5.41) is 3.23. The first-order valence-electron chi connectivity index (χ1n) is 14.4. The molecule has 9 nitrogen and oxygen atoms in total. The van der Waals surface area contributed by atoms with Gasteiger partial charge in [0.15, 0.2) is 0 Å². The number of rotatable bonds is 4. The van der Waals surface area contributed by atoms with Gasteiger partial charge in [0.2, 0.25) is 5.91 Å². The van der Waals surface area contributed by atoms with Gasteiger partial charge in [-0.15, -0.1) is 0 Å². The molecular formula is C34H27N5O4. The summed E-state index contributed by atoms with van der Waals surface area (Å²) in [6.07, 6.45) is 0.980. The second kappa shape index (κ2) is 8.02. The molecule has 3 aliphatic rings. The van der Waals surface area contributed by atoms with Crippen LogP contribution in [-0.4, -0.2) is 44.4 Å². The maximum atomic E-state index is 14.5. The predicted molar refractivity (Wildman–Crippen MR) is 163 cm³/mol. The fraction of sp³-hybridized carbons (Fsp3) is 0.206. The van der Waals surface area contributed by atoms with Gasteiger partial charge in [-0.1, -0.05) is 48.5 Å². The van der Waals surface area contributed by atoms with Gasteiger partial charge < -0.3 is 25.3 Å². The zero-order valence-corrected chi connectivity index (χ0v) is 23.3. The van der Waals surface area contributed by atoms with E-state index in [0.717, 1.165) is 49.2 Å². The molecule has 3 atom stereocenters. The van der Waals surface area contributed by atoms with E-state index < -0.39 is 17.5 Å². The van der Waals surface area contributed by atoms with Crippen LogP contribution in [0.4, 0.5) is 0 Å². The average Bonchev–Trinajstić information content (AvgIpc) is 3.68. The Hall–Kier alpha value is -5.15. The summed E-state index contributed by atoms with van der Waals surface area (Å²) in [5.41, 5.74) is 16.8. The van der Waals surface area contributed by atoms with Crippen molar-refractivity contribution in [3.8, 4) is 5.75 Å². The third-order valence-electron chi connectivity index (χ3n) is 10.0. The van der Waals surface area contributed by atoms with Crippen molar-refractivity contribution in [3.63, 3.8) is 0 Å². The highest BCUT2D eigenvalue weighted by Gasteiger charge is 2.54. The minimum Gasteiger partial charge on any atom is -0.497 e. The lowest BCUT2D eigenvalue weighted by atomic mass is 9.92. The van der Waals surface area contributed by atoms with E-state index in [-0.39, 0.29) is 24.4 Å². The van der Waals surface area contributed by atoms with Crippen LogP contribution in [-0.2, 0) is 11.3 Å². The van der Waals surface area contributed by atoms with Crippen LogP contribution in [0.5, 0.6) is 5.75 Å². The molecule has 1 fully saturated rings. The van der Waals surface area contributed by atoms with Crippen LogP contribution in [0, 0.1) is 0 Å². The number of ether oxygens (including phenoxy) is 1. The van der Waals surface area contributed by atoms with E-state index in [0.29, 0.717) is 29.7 Å². The Labute approximate surface area is 245 Å². The van der Waals surface area contributed by atoms with Gasteiger partial charge in [-0.2, -0.15) is 0 Å². The molecule has 2 bridgehead atoms. The molecule has 1 aliphatic carbocycles. The summed E-state index contributed by atoms with van der Waals surface area (Å²) in [5.74, 6) is -0.482. The fourth-order valence-corrected chi connectivity index (χ4v) is 8.17. The highest BCUT2D eigenvalue weighted by atomic mass is 16.5. The average molecular weight is 570 g/mol. The van der Waals surface area contributed by atoms with Crippen LogP contribution in [0.3, 0.4) is 0 Å². The van der Waals surface area contributed by atoms with E-state index in [4.69, 9.17) is 16.2 Å². The van der Waals surface area contributed by atoms with Crippen LogP contribution >= 0.6 is 0 Å². The number of aromatic nitrogens is 2. The van der Waals surface area contributed by atoms with E-state index >= 15 is 0 Å². The molecule has 4 aromatic carbocycles. The van der Waals surface area contributed by atoms with Gasteiger partial charge in [-0.25, -0.2) is 0 Å². The minimum atomic E-state index is -1.28. The molecule has 2 unspecified atom stereocenters. The van der Waals surface area contributed by atoms with Crippen LogP contribution in [0.25, 0.3) is 43.6 Å². The lowest BCUT2D eigenvalue weighted by molar-refractivity contribution is -0.124. The second-order valence-electron chi connectivity index (χ2n) is 12.0. The molecular weight excluding hydrogens is 542 g/mol. The second-order valence-corrected chi connectivity index (χ2v) is 12.0. The standard InChI is InChI=1S/C34H27N5O4/c1-43-19-12-10-17(11-13-19)16-37-31(40)27-25-20-6-2-4-8-22(20)38-18-14-24(34(36,15-18)33(35)42)39-23-9-5-3-7-21(23)26(28(27)32(37)41)30(39)29(25)38/h2-13,18,24H,14-16,36H2,1H3,(H2,35,42)/t18?,24?,34-/m0/s1. The van der Waals surface area contributed by atoms with Crippen LogP contribution < -0.4 is 16.2 Å². The fourth-order valence-electron chi connectivity index (χ4n) is 8.17. The number of amides is 3. The van der Waals surface area contributed by atoms with Crippen molar-refractivity contribution in [2.24, 2.45) is 11.5 Å². The summed E-state index contributed by atoms with van der Waals surface area (Å²) < 4.78 is 9.69. The minimum absolute atomic E-state index is 0.118. The third kappa shape index (κ3) is 2.83. The molecule has 0 spiro atoms. The number of nitrogens with zero attached hydrogens (tertiary/aromatic N) is 3. The summed E-state index contributed by atoms with van der Waals surface area (Å²) in [7, 11) is 1.60. The van der Waals surface area contributed by atoms with Crippen molar-refractivity contribution in [2.45, 2.75) is 37.0 Å². The molecule has 4 heterocycles. The first-order chi connectivity index (χ1) is 20.8. The molecule has 2 aliphatic heterocycles. The zero-order chi connectivity index (χ0) is 29.4. The first-order valence-corrected chi connectivity index (χ1v) is 14.4. The Bertz CT molecular complexity index is 2260. The Morgan fingerprint density at radius 3 is 2.00 bits per heavy atom. The van der Waals surface area contributed by atoms with E-state index in [9.17, 15) is 14.4 Å².